The zero-order chi connectivity index (χ0) is 9.26. The minimum atomic E-state index is -0.403. The van der Waals surface area contributed by atoms with Crippen LogP contribution in [0.3, 0.4) is 0 Å². The molecule has 0 radical (unpaired) electrons. The van der Waals surface area contributed by atoms with Gasteiger partial charge >= 0.3 is 5.97 Å². The summed E-state index contributed by atoms with van der Waals surface area (Å²) in [5.41, 5.74) is 1.78. The van der Waals surface area contributed by atoms with E-state index in [1.807, 2.05) is 0 Å². The van der Waals surface area contributed by atoms with Crippen LogP contribution >= 0.6 is 0 Å². The SMILES string of the molecule is COC(=O)[C@H]1NCCc2[nH]cnc21. The molecule has 5 heteroatoms. The van der Waals surface area contributed by atoms with Gasteiger partial charge in [0, 0.05) is 18.7 Å². The second-order valence-electron chi connectivity index (χ2n) is 2.93. The fourth-order valence-electron chi connectivity index (χ4n) is 1.53. The summed E-state index contributed by atoms with van der Waals surface area (Å²) < 4.78 is 4.66. The van der Waals surface area contributed by atoms with Crippen molar-refractivity contribution in [1.29, 1.82) is 0 Å². The van der Waals surface area contributed by atoms with E-state index in [4.69, 9.17) is 0 Å². The van der Waals surface area contributed by atoms with Crippen molar-refractivity contribution in [3.05, 3.63) is 17.7 Å². The van der Waals surface area contributed by atoms with Crippen LogP contribution in [0.1, 0.15) is 17.4 Å². The molecule has 0 aromatic carbocycles. The Kier molecular flexibility index (Phi) is 2.02. The summed E-state index contributed by atoms with van der Waals surface area (Å²) >= 11 is 0. The molecular formula is C8H11N3O2. The first-order valence-corrected chi connectivity index (χ1v) is 4.16. The molecule has 0 aliphatic carbocycles. The van der Waals surface area contributed by atoms with Crippen LogP contribution in [0, 0.1) is 0 Å². The van der Waals surface area contributed by atoms with E-state index in [1.165, 1.54) is 7.11 Å². The highest BCUT2D eigenvalue weighted by Gasteiger charge is 2.28. The van der Waals surface area contributed by atoms with E-state index < -0.39 is 6.04 Å². The molecule has 0 saturated heterocycles. The number of methoxy groups -OCH3 is 1. The number of ether oxygens (including phenoxy) is 1. The molecule has 2 heterocycles. The van der Waals surface area contributed by atoms with E-state index in [1.54, 1.807) is 6.33 Å². The number of aromatic nitrogens is 2. The van der Waals surface area contributed by atoms with Crippen molar-refractivity contribution in [1.82, 2.24) is 15.3 Å². The molecule has 1 aliphatic rings. The number of carbonyl (C=O) groups excluding carboxylic acids is 1. The number of aromatic amines is 1. The second-order valence-corrected chi connectivity index (χ2v) is 2.93. The number of H-pyrrole nitrogens is 1. The van der Waals surface area contributed by atoms with Gasteiger partial charge in [0.1, 0.15) is 0 Å². The van der Waals surface area contributed by atoms with Crippen molar-refractivity contribution in [2.24, 2.45) is 0 Å². The van der Waals surface area contributed by atoms with Gasteiger partial charge in [-0.15, -0.1) is 0 Å². The Labute approximate surface area is 75.5 Å². The lowest BCUT2D eigenvalue weighted by Crippen LogP contribution is -2.35. The minimum Gasteiger partial charge on any atom is -0.468 e. The standard InChI is InChI=1S/C8H11N3O2/c1-13-8(12)7-6-5(2-3-9-7)10-4-11-6/h4,7,9H,2-3H2,1H3,(H,10,11)/t7-/m0/s1. The fraction of sp³-hybridized carbons (Fsp3) is 0.500. The van der Waals surface area contributed by atoms with Gasteiger partial charge in [0.2, 0.25) is 0 Å². The van der Waals surface area contributed by atoms with E-state index in [0.717, 1.165) is 24.4 Å². The molecule has 0 fully saturated rings. The third-order valence-corrected chi connectivity index (χ3v) is 2.19. The summed E-state index contributed by atoms with van der Waals surface area (Å²) in [7, 11) is 1.38. The number of hydrogen-bond acceptors (Lipinski definition) is 4. The van der Waals surface area contributed by atoms with Crippen molar-refractivity contribution in [3.63, 3.8) is 0 Å². The van der Waals surface area contributed by atoms with Crippen LogP contribution < -0.4 is 5.32 Å². The van der Waals surface area contributed by atoms with Crippen molar-refractivity contribution in [2.75, 3.05) is 13.7 Å². The fourth-order valence-corrected chi connectivity index (χ4v) is 1.53. The van der Waals surface area contributed by atoms with Gasteiger partial charge in [-0.05, 0) is 0 Å². The van der Waals surface area contributed by atoms with Crippen molar-refractivity contribution < 1.29 is 9.53 Å². The average Bonchev–Trinajstić information content (AvgIpc) is 2.63. The maximum absolute atomic E-state index is 11.3. The molecule has 0 unspecified atom stereocenters. The Balaban J connectivity index is 2.30. The molecule has 1 atom stereocenters. The first-order valence-electron chi connectivity index (χ1n) is 4.16. The van der Waals surface area contributed by atoms with Crippen LogP contribution in [0.2, 0.25) is 0 Å². The number of hydrogen-bond donors (Lipinski definition) is 2. The van der Waals surface area contributed by atoms with E-state index in [2.05, 4.69) is 20.0 Å². The summed E-state index contributed by atoms with van der Waals surface area (Å²) in [4.78, 5) is 18.4. The lowest BCUT2D eigenvalue weighted by Gasteiger charge is -2.20. The molecule has 13 heavy (non-hydrogen) atoms. The summed E-state index contributed by atoms with van der Waals surface area (Å²) in [5, 5.41) is 3.06. The van der Waals surface area contributed by atoms with Crippen LogP contribution in [0.15, 0.2) is 6.33 Å². The number of rotatable bonds is 1. The number of fused-ring (bicyclic) bond motifs is 1. The molecule has 1 aromatic rings. The Morgan fingerprint density at radius 1 is 1.77 bits per heavy atom. The lowest BCUT2D eigenvalue weighted by molar-refractivity contribution is -0.143. The molecule has 70 valence electrons. The average molecular weight is 181 g/mol. The minimum absolute atomic E-state index is 0.284. The largest absolute Gasteiger partial charge is 0.468 e. The first kappa shape index (κ1) is 8.25. The number of esters is 1. The van der Waals surface area contributed by atoms with E-state index in [-0.39, 0.29) is 5.97 Å². The van der Waals surface area contributed by atoms with Crippen molar-refractivity contribution >= 4 is 5.97 Å². The predicted molar refractivity (Wildman–Crippen MR) is 45.1 cm³/mol. The first-order chi connectivity index (χ1) is 6.33. The van der Waals surface area contributed by atoms with Gasteiger partial charge in [-0.2, -0.15) is 0 Å². The van der Waals surface area contributed by atoms with Crippen molar-refractivity contribution in [3.8, 4) is 0 Å². The van der Waals surface area contributed by atoms with Gasteiger partial charge < -0.3 is 9.72 Å². The topological polar surface area (TPSA) is 67.0 Å². The van der Waals surface area contributed by atoms with Gasteiger partial charge in [0.05, 0.1) is 19.1 Å². The quantitative estimate of drug-likeness (QED) is 0.587. The Morgan fingerprint density at radius 2 is 2.62 bits per heavy atom. The summed E-state index contributed by atoms with van der Waals surface area (Å²) in [6.07, 6.45) is 2.48. The summed E-state index contributed by atoms with van der Waals surface area (Å²) in [6.45, 7) is 0.773. The maximum Gasteiger partial charge on any atom is 0.329 e. The van der Waals surface area contributed by atoms with E-state index >= 15 is 0 Å². The van der Waals surface area contributed by atoms with Gasteiger partial charge in [0.25, 0.3) is 0 Å². The number of nitrogens with zero attached hydrogens (tertiary/aromatic N) is 1. The molecular weight excluding hydrogens is 170 g/mol. The van der Waals surface area contributed by atoms with Crippen LogP contribution in [0.5, 0.6) is 0 Å². The number of imidazole rings is 1. The number of carbonyl (C=O) groups is 1. The molecule has 1 aliphatic heterocycles. The van der Waals surface area contributed by atoms with Gasteiger partial charge in [-0.25, -0.2) is 9.78 Å². The second kappa shape index (κ2) is 3.18. The number of nitrogens with one attached hydrogen (secondary N) is 2. The van der Waals surface area contributed by atoms with E-state index in [0.29, 0.717) is 0 Å². The van der Waals surface area contributed by atoms with Crippen LogP contribution in [-0.4, -0.2) is 29.6 Å². The van der Waals surface area contributed by atoms with E-state index in [9.17, 15) is 4.79 Å². The molecule has 0 spiro atoms. The third-order valence-electron chi connectivity index (χ3n) is 2.19. The van der Waals surface area contributed by atoms with Gasteiger partial charge in [-0.3, -0.25) is 5.32 Å². The molecule has 2 rings (SSSR count). The Morgan fingerprint density at radius 3 is 3.38 bits per heavy atom. The molecule has 0 saturated carbocycles. The maximum atomic E-state index is 11.3. The van der Waals surface area contributed by atoms with Gasteiger partial charge in [-0.1, -0.05) is 0 Å². The molecule has 5 nitrogen and oxygen atoms in total. The summed E-state index contributed by atoms with van der Waals surface area (Å²) in [5.74, 6) is -0.284. The normalized spacial score (nSPS) is 20.8. The highest BCUT2D eigenvalue weighted by Crippen LogP contribution is 2.19. The molecule has 2 N–H and O–H groups in total. The zero-order valence-electron chi connectivity index (χ0n) is 7.33. The third kappa shape index (κ3) is 1.31. The van der Waals surface area contributed by atoms with Gasteiger partial charge in [0.15, 0.2) is 6.04 Å². The molecule has 1 aromatic heterocycles. The summed E-state index contributed by atoms with van der Waals surface area (Å²) in [6, 6.07) is -0.403. The Bertz CT molecular complexity index is 321. The van der Waals surface area contributed by atoms with Crippen LogP contribution in [0.25, 0.3) is 0 Å². The lowest BCUT2D eigenvalue weighted by atomic mass is 10.1. The predicted octanol–water partition coefficient (Wildman–Crippen LogP) is -0.231. The monoisotopic (exact) mass is 181 g/mol. The molecule has 0 amide bonds. The van der Waals surface area contributed by atoms with Crippen LogP contribution in [0.4, 0.5) is 0 Å². The smallest absolute Gasteiger partial charge is 0.329 e. The zero-order valence-corrected chi connectivity index (χ0v) is 7.33. The highest BCUT2D eigenvalue weighted by atomic mass is 16.5. The Hall–Kier alpha value is -1.36. The van der Waals surface area contributed by atoms with Crippen molar-refractivity contribution in [2.45, 2.75) is 12.5 Å². The van der Waals surface area contributed by atoms with Crippen LogP contribution in [-0.2, 0) is 16.0 Å². The highest BCUT2D eigenvalue weighted by molar-refractivity contribution is 5.77. The molecule has 0 bridgehead atoms.